The van der Waals surface area contributed by atoms with Gasteiger partial charge in [-0.15, -0.1) is 0 Å². The van der Waals surface area contributed by atoms with E-state index < -0.39 is 0 Å². The molecule has 88 valence electrons. The first-order valence-corrected chi connectivity index (χ1v) is 4.95. The summed E-state index contributed by atoms with van der Waals surface area (Å²) in [5.74, 6) is 1.17. The molecule has 2 aromatic heterocycles. The number of methoxy groups -OCH3 is 1. The fourth-order valence-electron chi connectivity index (χ4n) is 1.24. The molecule has 0 amide bonds. The van der Waals surface area contributed by atoms with Gasteiger partial charge in [0, 0.05) is 12.3 Å². The van der Waals surface area contributed by atoms with Crippen LogP contribution in [0.15, 0.2) is 24.7 Å². The fraction of sp³-hybridized carbons (Fsp3) is 0.200. The first kappa shape index (κ1) is 11.1. The molecule has 0 saturated heterocycles. The molecule has 0 aliphatic carbocycles. The molecule has 0 bridgehead atoms. The lowest BCUT2D eigenvalue weighted by atomic mass is 10.4. The number of hydrogen-bond donors (Lipinski definition) is 2. The van der Waals surface area contributed by atoms with Gasteiger partial charge in [-0.25, -0.2) is 9.97 Å². The van der Waals surface area contributed by atoms with Gasteiger partial charge in [-0.1, -0.05) is 0 Å². The van der Waals surface area contributed by atoms with E-state index in [1.807, 2.05) is 6.07 Å². The summed E-state index contributed by atoms with van der Waals surface area (Å²) < 4.78 is 4.99. The minimum Gasteiger partial charge on any atom is -0.481 e. The van der Waals surface area contributed by atoms with Crippen LogP contribution in [0, 0.1) is 0 Å². The Morgan fingerprint density at radius 3 is 3.00 bits per heavy atom. The second-order valence-electron chi connectivity index (χ2n) is 3.21. The van der Waals surface area contributed by atoms with E-state index in [1.165, 1.54) is 13.4 Å². The number of hydrogen-bond acceptors (Lipinski definition) is 7. The summed E-state index contributed by atoms with van der Waals surface area (Å²) in [4.78, 5) is 15.8. The van der Waals surface area contributed by atoms with Gasteiger partial charge in [-0.3, -0.25) is 0 Å². The molecular formula is C10H12N6O. The summed E-state index contributed by atoms with van der Waals surface area (Å²) in [6, 6.07) is 3.48. The molecule has 0 spiro atoms. The number of ether oxygens (including phenoxy) is 1. The van der Waals surface area contributed by atoms with Crippen molar-refractivity contribution in [3.63, 3.8) is 0 Å². The van der Waals surface area contributed by atoms with Crippen LogP contribution >= 0.6 is 0 Å². The van der Waals surface area contributed by atoms with Crippen LogP contribution in [0.25, 0.3) is 0 Å². The number of aromatic nitrogens is 4. The Bertz CT molecular complexity index is 489. The molecule has 0 unspecified atom stereocenters. The zero-order valence-corrected chi connectivity index (χ0v) is 9.29. The monoisotopic (exact) mass is 232 g/mol. The molecule has 0 radical (unpaired) electrons. The van der Waals surface area contributed by atoms with Crippen molar-refractivity contribution in [2.24, 2.45) is 0 Å². The molecule has 2 heterocycles. The lowest BCUT2D eigenvalue weighted by molar-refractivity contribution is 0.398. The number of nitrogens with two attached hydrogens (primary N) is 1. The lowest BCUT2D eigenvalue weighted by Crippen LogP contribution is -2.06. The third-order valence-corrected chi connectivity index (χ3v) is 2.02. The minimum absolute atomic E-state index is 0.162. The van der Waals surface area contributed by atoms with Gasteiger partial charge >= 0.3 is 0 Å². The molecule has 0 saturated carbocycles. The summed E-state index contributed by atoms with van der Waals surface area (Å²) in [6.07, 6.45) is 3.17. The highest BCUT2D eigenvalue weighted by atomic mass is 16.5. The number of nitrogens with one attached hydrogen (secondary N) is 1. The van der Waals surface area contributed by atoms with E-state index in [0.717, 1.165) is 5.69 Å². The Hall–Kier alpha value is -2.44. The van der Waals surface area contributed by atoms with E-state index >= 15 is 0 Å². The number of nitrogen functional groups attached to an aromatic ring is 1. The average Bonchev–Trinajstić information content (AvgIpc) is 2.37. The second kappa shape index (κ2) is 5.06. The lowest BCUT2D eigenvalue weighted by Gasteiger charge is -2.06. The van der Waals surface area contributed by atoms with Gasteiger partial charge in [0.15, 0.2) is 0 Å². The van der Waals surface area contributed by atoms with Crippen LogP contribution in [0.2, 0.25) is 0 Å². The summed E-state index contributed by atoms with van der Waals surface area (Å²) in [5.41, 5.74) is 6.39. The van der Waals surface area contributed by atoms with Crippen LogP contribution in [0.3, 0.4) is 0 Å². The zero-order valence-electron chi connectivity index (χ0n) is 9.29. The molecule has 3 N–H and O–H groups in total. The van der Waals surface area contributed by atoms with E-state index in [9.17, 15) is 0 Å². The summed E-state index contributed by atoms with van der Waals surface area (Å²) in [5, 5.41) is 3.08. The molecule has 7 nitrogen and oxygen atoms in total. The Balaban J connectivity index is 2.06. The predicted octanol–water partition coefficient (Wildman–Crippen LogP) is 0.469. The molecule has 2 aromatic rings. The van der Waals surface area contributed by atoms with Crippen molar-refractivity contribution < 1.29 is 4.74 Å². The summed E-state index contributed by atoms with van der Waals surface area (Å²) >= 11 is 0. The van der Waals surface area contributed by atoms with E-state index in [4.69, 9.17) is 10.5 Å². The van der Waals surface area contributed by atoms with E-state index in [0.29, 0.717) is 18.2 Å². The zero-order chi connectivity index (χ0) is 12.1. The van der Waals surface area contributed by atoms with Crippen molar-refractivity contribution in [3.05, 3.63) is 30.4 Å². The molecule has 0 aliphatic heterocycles. The largest absolute Gasteiger partial charge is 0.481 e. The molecule has 2 rings (SSSR count). The third kappa shape index (κ3) is 3.00. The van der Waals surface area contributed by atoms with Gasteiger partial charge in [-0.05, 0) is 6.07 Å². The molecule has 7 heteroatoms. The normalized spacial score (nSPS) is 9.94. The van der Waals surface area contributed by atoms with E-state index in [1.54, 1.807) is 12.3 Å². The first-order chi connectivity index (χ1) is 8.28. The van der Waals surface area contributed by atoms with Gasteiger partial charge in [0.1, 0.15) is 12.1 Å². The van der Waals surface area contributed by atoms with Crippen LogP contribution in [0.1, 0.15) is 5.69 Å². The van der Waals surface area contributed by atoms with Crippen molar-refractivity contribution >= 4 is 11.8 Å². The number of anilines is 2. The van der Waals surface area contributed by atoms with Crippen LogP contribution in [0.5, 0.6) is 5.88 Å². The first-order valence-electron chi connectivity index (χ1n) is 4.95. The molecule has 0 aliphatic rings. The topological polar surface area (TPSA) is 98.8 Å². The second-order valence-corrected chi connectivity index (χ2v) is 3.21. The SMILES string of the molecule is COc1cc(NCc2ccncn2)nc(N)n1. The van der Waals surface area contributed by atoms with Gasteiger partial charge < -0.3 is 15.8 Å². The van der Waals surface area contributed by atoms with Crippen molar-refractivity contribution in [2.45, 2.75) is 6.54 Å². The highest BCUT2D eigenvalue weighted by Crippen LogP contribution is 2.14. The summed E-state index contributed by atoms with van der Waals surface area (Å²) in [7, 11) is 1.52. The third-order valence-electron chi connectivity index (χ3n) is 2.02. The summed E-state index contributed by atoms with van der Waals surface area (Å²) in [6.45, 7) is 0.530. The predicted molar refractivity (Wildman–Crippen MR) is 62.4 cm³/mol. The Morgan fingerprint density at radius 1 is 1.41 bits per heavy atom. The molecule has 0 fully saturated rings. The van der Waals surface area contributed by atoms with Gasteiger partial charge in [0.25, 0.3) is 0 Å². The Morgan fingerprint density at radius 2 is 2.29 bits per heavy atom. The van der Waals surface area contributed by atoms with Crippen LogP contribution < -0.4 is 15.8 Å². The maximum absolute atomic E-state index is 5.54. The molecule has 0 aromatic carbocycles. The van der Waals surface area contributed by atoms with Crippen LogP contribution in [-0.4, -0.2) is 27.0 Å². The van der Waals surface area contributed by atoms with Gasteiger partial charge in [-0.2, -0.15) is 9.97 Å². The van der Waals surface area contributed by atoms with Crippen molar-refractivity contribution in [1.29, 1.82) is 0 Å². The fourth-order valence-corrected chi connectivity index (χ4v) is 1.24. The van der Waals surface area contributed by atoms with Crippen molar-refractivity contribution in [2.75, 3.05) is 18.2 Å². The van der Waals surface area contributed by atoms with Crippen LogP contribution in [0.4, 0.5) is 11.8 Å². The van der Waals surface area contributed by atoms with E-state index in [2.05, 4.69) is 25.3 Å². The average molecular weight is 232 g/mol. The quantitative estimate of drug-likeness (QED) is 0.790. The maximum Gasteiger partial charge on any atom is 0.225 e. The smallest absolute Gasteiger partial charge is 0.225 e. The highest BCUT2D eigenvalue weighted by molar-refractivity contribution is 5.42. The van der Waals surface area contributed by atoms with Crippen molar-refractivity contribution in [1.82, 2.24) is 19.9 Å². The van der Waals surface area contributed by atoms with Crippen molar-refractivity contribution in [3.8, 4) is 5.88 Å². The number of nitrogens with zero attached hydrogens (tertiary/aromatic N) is 4. The van der Waals surface area contributed by atoms with Crippen LogP contribution in [-0.2, 0) is 6.54 Å². The number of rotatable bonds is 4. The Labute approximate surface area is 98.1 Å². The molecule has 0 atom stereocenters. The molecular weight excluding hydrogens is 220 g/mol. The molecule has 17 heavy (non-hydrogen) atoms. The van der Waals surface area contributed by atoms with Gasteiger partial charge in [0.05, 0.1) is 19.3 Å². The standard InChI is InChI=1S/C10H12N6O/c1-17-9-4-8(15-10(11)16-9)13-5-7-2-3-12-6-14-7/h2-4,6H,5H2,1H3,(H3,11,13,15,16). The highest BCUT2D eigenvalue weighted by Gasteiger charge is 2.02. The maximum atomic E-state index is 5.54. The van der Waals surface area contributed by atoms with Gasteiger partial charge in [0.2, 0.25) is 11.8 Å². The Kier molecular flexibility index (Phi) is 3.29. The minimum atomic E-state index is 0.162. The van der Waals surface area contributed by atoms with E-state index in [-0.39, 0.29) is 5.95 Å².